The third kappa shape index (κ3) is 2.41. The van der Waals surface area contributed by atoms with Gasteiger partial charge in [0.15, 0.2) is 0 Å². The SMILES string of the molecule is CC(C)c1ncc(-c2ccccc2C(C)C)[nH]1. The minimum Gasteiger partial charge on any atom is -0.342 e. The van der Waals surface area contributed by atoms with Crippen molar-refractivity contribution in [2.45, 2.75) is 39.5 Å². The molecule has 0 radical (unpaired) electrons. The zero-order chi connectivity index (χ0) is 12.4. The van der Waals surface area contributed by atoms with Crippen LogP contribution in [0.1, 0.15) is 50.9 Å². The standard InChI is InChI=1S/C15H20N2/c1-10(2)12-7-5-6-8-13(12)14-9-16-15(17-14)11(3)4/h5-11H,1-4H3,(H,16,17). The molecule has 1 N–H and O–H groups in total. The molecular weight excluding hydrogens is 208 g/mol. The molecule has 0 aliphatic rings. The first-order chi connectivity index (χ1) is 8.09. The Balaban J connectivity index is 2.45. The van der Waals surface area contributed by atoms with Gasteiger partial charge in [0.25, 0.3) is 0 Å². The van der Waals surface area contributed by atoms with Gasteiger partial charge >= 0.3 is 0 Å². The maximum atomic E-state index is 4.44. The van der Waals surface area contributed by atoms with E-state index in [-0.39, 0.29) is 0 Å². The van der Waals surface area contributed by atoms with Crippen molar-refractivity contribution in [1.29, 1.82) is 0 Å². The third-order valence-corrected chi connectivity index (χ3v) is 3.02. The van der Waals surface area contributed by atoms with Crippen molar-refractivity contribution in [3.05, 3.63) is 41.9 Å². The molecule has 17 heavy (non-hydrogen) atoms. The zero-order valence-corrected chi connectivity index (χ0v) is 11.0. The molecule has 0 bridgehead atoms. The van der Waals surface area contributed by atoms with Gasteiger partial charge in [-0.25, -0.2) is 4.98 Å². The van der Waals surface area contributed by atoms with E-state index in [4.69, 9.17) is 0 Å². The minimum atomic E-state index is 0.440. The number of hydrogen-bond donors (Lipinski definition) is 1. The molecule has 2 aromatic rings. The highest BCUT2D eigenvalue weighted by Crippen LogP contribution is 2.28. The number of nitrogens with one attached hydrogen (secondary N) is 1. The number of hydrogen-bond acceptors (Lipinski definition) is 1. The van der Waals surface area contributed by atoms with Crippen molar-refractivity contribution in [3.8, 4) is 11.3 Å². The van der Waals surface area contributed by atoms with Crippen molar-refractivity contribution in [1.82, 2.24) is 9.97 Å². The zero-order valence-electron chi connectivity index (χ0n) is 11.0. The molecule has 1 aromatic heterocycles. The number of aromatic nitrogens is 2. The Kier molecular flexibility index (Phi) is 3.32. The molecule has 1 heterocycles. The smallest absolute Gasteiger partial charge is 0.109 e. The molecular formula is C15H20N2. The van der Waals surface area contributed by atoms with Crippen molar-refractivity contribution in [3.63, 3.8) is 0 Å². The van der Waals surface area contributed by atoms with E-state index in [1.54, 1.807) is 0 Å². The lowest BCUT2D eigenvalue weighted by atomic mass is 9.96. The minimum absolute atomic E-state index is 0.440. The summed E-state index contributed by atoms with van der Waals surface area (Å²) in [4.78, 5) is 7.85. The summed E-state index contributed by atoms with van der Waals surface area (Å²) in [5, 5.41) is 0. The Labute approximate surface area is 103 Å². The first-order valence-electron chi connectivity index (χ1n) is 6.23. The Morgan fingerprint density at radius 1 is 1.00 bits per heavy atom. The summed E-state index contributed by atoms with van der Waals surface area (Å²) in [6.45, 7) is 8.74. The fraction of sp³-hybridized carbons (Fsp3) is 0.400. The molecule has 2 rings (SSSR count). The summed E-state index contributed by atoms with van der Waals surface area (Å²) in [6, 6.07) is 8.53. The lowest BCUT2D eigenvalue weighted by Crippen LogP contribution is -1.93. The van der Waals surface area contributed by atoms with Crippen molar-refractivity contribution in [2.75, 3.05) is 0 Å². The highest BCUT2D eigenvalue weighted by Gasteiger charge is 2.11. The van der Waals surface area contributed by atoms with Crippen LogP contribution < -0.4 is 0 Å². The van der Waals surface area contributed by atoms with Crippen LogP contribution in [-0.4, -0.2) is 9.97 Å². The van der Waals surface area contributed by atoms with Crippen LogP contribution in [-0.2, 0) is 0 Å². The number of imidazole rings is 1. The van der Waals surface area contributed by atoms with Crippen LogP contribution in [0.25, 0.3) is 11.3 Å². The van der Waals surface area contributed by atoms with E-state index >= 15 is 0 Å². The van der Waals surface area contributed by atoms with Gasteiger partial charge in [0.1, 0.15) is 5.82 Å². The van der Waals surface area contributed by atoms with Crippen LogP contribution >= 0.6 is 0 Å². The molecule has 0 amide bonds. The second kappa shape index (κ2) is 4.74. The fourth-order valence-corrected chi connectivity index (χ4v) is 2.01. The predicted molar refractivity (Wildman–Crippen MR) is 72.2 cm³/mol. The molecule has 0 saturated heterocycles. The Bertz CT molecular complexity index is 495. The van der Waals surface area contributed by atoms with Gasteiger partial charge in [-0.3, -0.25) is 0 Å². The largest absolute Gasteiger partial charge is 0.342 e. The molecule has 90 valence electrons. The molecule has 0 aliphatic carbocycles. The van der Waals surface area contributed by atoms with Gasteiger partial charge in [-0.05, 0) is 11.5 Å². The predicted octanol–water partition coefficient (Wildman–Crippen LogP) is 4.32. The quantitative estimate of drug-likeness (QED) is 0.832. The summed E-state index contributed by atoms with van der Waals surface area (Å²) >= 11 is 0. The lowest BCUT2D eigenvalue weighted by Gasteiger charge is -2.10. The summed E-state index contributed by atoms with van der Waals surface area (Å²) in [6.07, 6.45) is 1.94. The highest BCUT2D eigenvalue weighted by atomic mass is 14.9. The van der Waals surface area contributed by atoms with E-state index in [0.29, 0.717) is 11.8 Å². The van der Waals surface area contributed by atoms with Crippen molar-refractivity contribution in [2.24, 2.45) is 0 Å². The highest BCUT2D eigenvalue weighted by molar-refractivity contribution is 5.64. The number of H-pyrrole nitrogens is 1. The molecule has 2 heteroatoms. The number of aromatic amines is 1. The van der Waals surface area contributed by atoms with Crippen LogP contribution in [0.4, 0.5) is 0 Å². The Hall–Kier alpha value is -1.57. The number of nitrogens with zero attached hydrogens (tertiary/aromatic N) is 1. The molecule has 0 spiro atoms. The second-order valence-electron chi connectivity index (χ2n) is 5.08. The summed E-state index contributed by atoms with van der Waals surface area (Å²) in [5.41, 5.74) is 3.76. The summed E-state index contributed by atoms with van der Waals surface area (Å²) < 4.78 is 0. The van der Waals surface area contributed by atoms with E-state index < -0.39 is 0 Å². The molecule has 0 fully saturated rings. The average Bonchev–Trinajstić information content (AvgIpc) is 2.78. The Morgan fingerprint density at radius 3 is 2.29 bits per heavy atom. The van der Waals surface area contributed by atoms with E-state index in [9.17, 15) is 0 Å². The first kappa shape index (κ1) is 11.9. The van der Waals surface area contributed by atoms with Crippen molar-refractivity contribution < 1.29 is 0 Å². The van der Waals surface area contributed by atoms with Crippen molar-refractivity contribution >= 4 is 0 Å². The van der Waals surface area contributed by atoms with E-state index in [0.717, 1.165) is 11.5 Å². The summed E-state index contributed by atoms with van der Waals surface area (Å²) in [5.74, 6) is 2.02. The number of rotatable bonds is 3. The first-order valence-corrected chi connectivity index (χ1v) is 6.23. The molecule has 0 unspecified atom stereocenters. The van der Waals surface area contributed by atoms with Gasteiger partial charge in [-0.15, -0.1) is 0 Å². The Morgan fingerprint density at radius 2 is 1.71 bits per heavy atom. The lowest BCUT2D eigenvalue weighted by molar-refractivity contribution is 0.794. The van der Waals surface area contributed by atoms with E-state index in [1.165, 1.54) is 11.1 Å². The van der Waals surface area contributed by atoms with Gasteiger partial charge in [0.05, 0.1) is 11.9 Å². The monoisotopic (exact) mass is 228 g/mol. The molecule has 2 nitrogen and oxygen atoms in total. The van der Waals surface area contributed by atoms with Gasteiger partial charge < -0.3 is 4.98 Å². The van der Waals surface area contributed by atoms with Gasteiger partial charge in [0.2, 0.25) is 0 Å². The van der Waals surface area contributed by atoms with Crippen LogP contribution in [0.3, 0.4) is 0 Å². The maximum Gasteiger partial charge on any atom is 0.109 e. The molecule has 0 atom stereocenters. The van der Waals surface area contributed by atoms with Crippen LogP contribution in [0.5, 0.6) is 0 Å². The summed E-state index contributed by atoms with van der Waals surface area (Å²) in [7, 11) is 0. The van der Waals surface area contributed by atoms with E-state index in [2.05, 4.69) is 61.9 Å². The van der Waals surface area contributed by atoms with Crippen LogP contribution in [0, 0.1) is 0 Å². The second-order valence-corrected chi connectivity index (χ2v) is 5.08. The fourth-order valence-electron chi connectivity index (χ4n) is 2.01. The third-order valence-electron chi connectivity index (χ3n) is 3.02. The van der Waals surface area contributed by atoms with Gasteiger partial charge in [0, 0.05) is 11.5 Å². The number of benzene rings is 1. The average molecular weight is 228 g/mol. The molecule has 0 saturated carbocycles. The maximum absolute atomic E-state index is 4.44. The molecule has 1 aromatic carbocycles. The molecule has 0 aliphatic heterocycles. The normalized spacial score (nSPS) is 11.4. The van der Waals surface area contributed by atoms with Gasteiger partial charge in [-0.1, -0.05) is 52.0 Å². The topological polar surface area (TPSA) is 28.7 Å². The van der Waals surface area contributed by atoms with Crippen LogP contribution in [0.2, 0.25) is 0 Å². The van der Waals surface area contributed by atoms with Crippen LogP contribution in [0.15, 0.2) is 30.5 Å². The van der Waals surface area contributed by atoms with Gasteiger partial charge in [-0.2, -0.15) is 0 Å². The van der Waals surface area contributed by atoms with E-state index in [1.807, 2.05) is 6.20 Å².